The molecule has 84 valence electrons. The Balaban J connectivity index is 2.66. The van der Waals surface area contributed by atoms with Gasteiger partial charge in [-0.1, -0.05) is 0 Å². The standard InChI is InChI=1S/C11H16F2N2/c1-11(12,13)9-5-7-15-10(8-9)4-3-6-14-2/h5,7-8,14H,3-4,6H2,1-2H3. The number of hydrogen-bond donors (Lipinski definition) is 1. The van der Waals surface area contributed by atoms with Gasteiger partial charge in [-0.25, -0.2) is 8.78 Å². The van der Waals surface area contributed by atoms with Crippen LogP contribution in [0.1, 0.15) is 24.6 Å². The summed E-state index contributed by atoms with van der Waals surface area (Å²) in [6, 6.07) is 2.84. The van der Waals surface area contributed by atoms with Gasteiger partial charge < -0.3 is 5.32 Å². The largest absolute Gasteiger partial charge is 0.320 e. The van der Waals surface area contributed by atoms with Gasteiger partial charge in [0.05, 0.1) is 0 Å². The molecule has 0 amide bonds. The molecule has 0 radical (unpaired) electrons. The maximum Gasteiger partial charge on any atom is 0.270 e. The Morgan fingerprint density at radius 2 is 2.20 bits per heavy atom. The van der Waals surface area contributed by atoms with Crippen LogP contribution in [0.15, 0.2) is 18.3 Å². The number of nitrogens with zero attached hydrogens (tertiary/aromatic N) is 1. The van der Waals surface area contributed by atoms with E-state index in [-0.39, 0.29) is 5.56 Å². The summed E-state index contributed by atoms with van der Waals surface area (Å²) < 4.78 is 26.0. The lowest BCUT2D eigenvalue weighted by molar-refractivity contribution is 0.0173. The molecule has 0 bridgehead atoms. The van der Waals surface area contributed by atoms with Crippen molar-refractivity contribution >= 4 is 0 Å². The number of rotatable bonds is 5. The van der Waals surface area contributed by atoms with Crippen LogP contribution in [0.2, 0.25) is 0 Å². The Labute approximate surface area is 88.7 Å². The summed E-state index contributed by atoms with van der Waals surface area (Å²) in [4.78, 5) is 4.06. The smallest absolute Gasteiger partial charge is 0.270 e. The van der Waals surface area contributed by atoms with Gasteiger partial charge in [0.15, 0.2) is 0 Å². The summed E-state index contributed by atoms with van der Waals surface area (Å²) in [5.74, 6) is -2.78. The van der Waals surface area contributed by atoms with Crippen LogP contribution in [0.25, 0.3) is 0 Å². The molecule has 0 fully saturated rings. The van der Waals surface area contributed by atoms with Crippen LogP contribution in [0, 0.1) is 0 Å². The second-order valence-corrected chi connectivity index (χ2v) is 3.63. The van der Waals surface area contributed by atoms with Gasteiger partial charge in [0.1, 0.15) is 0 Å². The Bertz CT molecular complexity index is 308. The van der Waals surface area contributed by atoms with Gasteiger partial charge >= 0.3 is 0 Å². The zero-order valence-electron chi connectivity index (χ0n) is 9.06. The number of aromatic nitrogens is 1. The van der Waals surface area contributed by atoms with Crippen molar-refractivity contribution in [1.82, 2.24) is 10.3 Å². The van der Waals surface area contributed by atoms with E-state index in [4.69, 9.17) is 0 Å². The molecule has 1 N–H and O–H groups in total. The number of alkyl halides is 2. The molecule has 0 spiro atoms. The summed E-state index contributed by atoms with van der Waals surface area (Å²) in [5.41, 5.74) is 0.765. The van der Waals surface area contributed by atoms with Crippen molar-refractivity contribution in [2.24, 2.45) is 0 Å². The molecule has 0 atom stereocenters. The molecule has 1 rings (SSSR count). The third-order valence-corrected chi connectivity index (χ3v) is 2.18. The first kappa shape index (κ1) is 12.0. The summed E-state index contributed by atoms with van der Waals surface area (Å²) in [7, 11) is 1.87. The number of aryl methyl sites for hydroxylation is 1. The first-order chi connectivity index (χ1) is 7.04. The van der Waals surface area contributed by atoms with Gasteiger partial charge in [-0.2, -0.15) is 0 Å². The molecule has 0 saturated heterocycles. The average Bonchev–Trinajstić information content (AvgIpc) is 2.17. The summed E-state index contributed by atoms with van der Waals surface area (Å²) >= 11 is 0. The minimum absolute atomic E-state index is 0.0388. The van der Waals surface area contributed by atoms with E-state index in [0.29, 0.717) is 0 Å². The molecule has 1 aromatic rings. The van der Waals surface area contributed by atoms with Gasteiger partial charge in [0.2, 0.25) is 0 Å². The quantitative estimate of drug-likeness (QED) is 0.761. The van der Waals surface area contributed by atoms with Crippen LogP contribution in [0.3, 0.4) is 0 Å². The Morgan fingerprint density at radius 3 is 2.80 bits per heavy atom. The predicted molar refractivity (Wildman–Crippen MR) is 56.1 cm³/mol. The van der Waals surface area contributed by atoms with E-state index >= 15 is 0 Å². The monoisotopic (exact) mass is 214 g/mol. The molecule has 4 heteroatoms. The molecule has 0 aliphatic carbocycles. The van der Waals surface area contributed by atoms with Crippen molar-refractivity contribution in [2.45, 2.75) is 25.7 Å². The zero-order valence-corrected chi connectivity index (χ0v) is 9.06. The molecule has 2 nitrogen and oxygen atoms in total. The molecule has 0 aliphatic heterocycles. The molecule has 0 saturated carbocycles. The first-order valence-corrected chi connectivity index (χ1v) is 5.02. The number of pyridine rings is 1. The van der Waals surface area contributed by atoms with Crippen molar-refractivity contribution in [2.75, 3.05) is 13.6 Å². The highest BCUT2D eigenvalue weighted by atomic mass is 19.3. The summed E-state index contributed by atoms with van der Waals surface area (Å²) in [6.45, 7) is 1.77. The summed E-state index contributed by atoms with van der Waals surface area (Å²) in [6.07, 6.45) is 3.08. The molecular formula is C11H16F2N2. The first-order valence-electron chi connectivity index (χ1n) is 5.02. The van der Waals surface area contributed by atoms with Gasteiger partial charge in [-0.05, 0) is 38.6 Å². The van der Waals surface area contributed by atoms with E-state index in [1.54, 1.807) is 0 Å². The molecule has 0 aromatic carbocycles. The topological polar surface area (TPSA) is 24.9 Å². The molecule has 0 unspecified atom stereocenters. The van der Waals surface area contributed by atoms with E-state index in [9.17, 15) is 8.78 Å². The fourth-order valence-corrected chi connectivity index (χ4v) is 1.33. The van der Waals surface area contributed by atoms with Crippen molar-refractivity contribution in [1.29, 1.82) is 0 Å². The van der Waals surface area contributed by atoms with Crippen molar-refractivity contribution in [3.8, 4) is 0 Å². The maximum atomic E-state index is 13.0. The number of halogens is 2. The van der Waals surface area contributed by atoms with E-state index in [1.165, 1.54) is 18.3 Å². The lowest BCUT2D eigenvalue weighted by Gasteiger charge is -2.11. The van der Waals surface area contributed by atoms with Gasteiger partial charge in [0.25, 0.3) is 5.92 Å². The van der Waals surface area contributed by atoms with E-state index in [0.717, 1.165) is 32.0 Å². The Kier molecular flexibility index (Phi) is 4.15. The SMILES string of the molecule is CNCCCc1cc(C(C)(F)F)ccn1. The molecule has 1 aromatic heterocycles. The predicted octanol–water partition coefficient (Wildman–Crippen LogP) is 2.35. The van der Waals surface area contributed by atoms with Crippen molar-refractivity contribution < 1.29 is 8.78 Å². The lowest BCUT2D eigenvalue weighted by atomic mass is 10.1. The lowest BCUT2D eigenvalue weighted by Crippen LogP contribution is -2.10. The van der Waals surface area contributed by atoms with Gasteiger partial charge in [-0.15, -0.1) is 0 Å². The normalized spacial score (nSPS) is 11.7. The average molecular weight is 214 g/mol. The molecule has 15 heavy (non-hydrogen) atoms. The van der Waals surface area contributed by atoms with Crippen molar-refractivity contribution in [3.63, 3.8) is 0 Å². The molecule has 1 heterocycles. The molecular weight excluding hydrogens is 198 g/mol. The highest BCUT2D eigenvalue weighted by Gasteiger charge is 2.24. The number of hydrogen-bond acceptors (Lipinski definition) is 2. The van der Waals surface area contributed by atoms with Crippen LogP contribution in [0.4, 0.5) is 8.78 Å². The highest BCUT2D eigenvalue weighted by molar-refractivity contribution is 5.20. The van der Waals surface area contributed by atoms with Gasteiger partial charge in [-0.3, -0.25) is 4.98 Å². The van der Waals surface area contributed by atoms with Crippen molar-refractivity contribution in [3.05, 3.63) is 29.6 Å². The second kappa shape index (κ2) is 5.16. The van der Waals surface area contributed by atoms with Crippen LogP contribution >= 0.6 is 0 Å². The fourth-order valence-electron chi connectivity index (χ4n) is 1.33. The second-order valence-electron chi connectivity index (χ2n) is 3.63. The Morgan fingerprint density at radius 1 is 1.47 bits per heavy atom. The van der Waals surface area contributed by atoms with Gasteiger partial charge in [0, 0.05) is 24.4 Å². The third-order valence-electron chi connectivity index (χ3n) is 2.18. The maximum absolute atomic E-state index is 13.0. The highest BCUT2D eigenvalue weighted by Crippen LogP contribution is 2.26. The van der Waals surface area contributed by atoms with E-state index < -0.39 is 5.92 Å². The summed E-state index contributed by atoms with van der Waals surface area (Å²) in [5, 5.41) is 3.01. The Hall–Kier alpha value is -1.03. The minimum atomic E-state index is -2.78. The van der Waals surface area contributed by atoms with Crippen LogP contribution in [0.5, 0.6) is 0 Å². The van der Waals surface area contributed by atoms with E-state index in [2.05, 4.69) is 10.3 Å². The van der Waals surface area contributed by atoms with Crippen LogP contribution in [-0.2, 0) is 12.3 Å². The zero-order chi connectivity index (χ0) is 11.3. The minimum Gasteiger partial charge on any atom is -0.320 e. The van der Waals surface area contributed by atoms with Crippen LogP contribution in [-0.4, -0.2) is 18.6 Å². The van der Waals surface area contributed by atoms with Crippen LogP contribution < -0.4 is 5.32 Å². The molecule has 0 aliphatic rings. The van der Waals surface area contributed by atoms with E-state index in [1.807, 2.05) is 7.05 Å². The fraction of sp³-hybridized carbons (Fsp3) is 0.545. The number of nitrogens with one attached hydrogen (secondary N) is 1. The third kappa shape index (κ3) is 3.91.